The maximum atomic E-state index is 12.9. The monoisotopic (exact) mass is 462 g/mol. The summed E-state index contributed by atoms with van der Waals surface area (Å²) in [6.07, 6.45) is 0. The minimum absolute atomic E-state index is 0.0763. The van der Waals surface area contributed by atoms with Crippen LogP contribution in [0.5, 0.6) is 11.5 Å². The molecule has 0 aliphatic heterocycles. The van der Waals surface area contributed by atoms with Crippen LogP contribution >= 0.6 is 0 Å². The van der Waals surface area contributed by atoms with Crippen molar-refractivity contribution >= 4 is 38.1 Å². The van der Waals surface area contributed by atoms with Crippen LogP contribution in [0.1, 0.15) is 10.4 Å². The minimum Gasteiger partial charge on any atom is -0.493 e. The maximum absolute atomic E-state index is 12.9. The molecule has 33 heavy (non-hydrogen) atoms. The molecule has 0 fully saturated rings. The first kappa shape index (κ1) is 22.2. The number of ether oxygens (including phenoxy) is 2. The number of anilines is 2. The number of fused-ring (bicyclic) bond motifs is 1. The summed E-state index contributed by atoms with van der Waals surface area (Å²) < 4.78 is 39.0. The summed E-state index contributed by atoms with van der Waals surface area (Å²) in [5.74, 6) is 0.345. The Morgan fingerprint density at radius 1 is 0.788 bits per heavy atom. The van der Waals surface area contributed by atoms with E-state index in [1.165, 1.54) is 38.5 Å². The highest BCUT2D eigenvalue weighted by molar-refractivity contribution is 7.92. The van der Waals surface area contributed by atoms with Crippen molar-refractivity contribution in [2.75, 3.05) is 24.3 Å². The molecule has 0 bridgehead atoms. The lowest BCUT2D eigenvalue weighted by Gasteiger charge is -2.13. The van der Waals surface area contributed by atoms with Crippen molar-refractivity contribution < 1.29 is 22.7 Å². The van der Waals surface area contributed by atoms with Gasteiger partial charge in [0.15, 0.2) is 11.5 Å². The van der Waals surface area contributed by atoms with Gasteiger partial charge in [-0.25, -0.2) is 8.42 Å². The number of sulfonamides is 1. The summed E-state index contributed by atoms with van der Waals surface area (Å²) in [4.78, 5) is 12.8. The van der Waals surface area contributed by atoms with Gasteiger partial charge in [0.05, 0.1) is 30.4 Å². The van der Waals surface area contributed by atoms with Gasteiger partial charge in [-0.2, -0.15) is 0 Å². The van der Waals surface area contributed by atoms with Crippen molar-refractivity contribution in [3.05, 3.63) is 90.5 Å². The van der Waals surface area contributed by atoms with Crippen LogP contribution in [-0.4, -0.2) is 28.5 Å². The van der Waals surface area contributed by atoms with Crippen LogP contribution in [0.15, 0.2) is 89.8 Å². The molecule has 0 spiro atoms. The van der Waals surface area contributed by atoms with E-state index in [-0.39, 0.29) is 4.90 Å². The molecule has 0 radical (unpaired) electrons. The fourth-order valence-electron chi connectivity index (χ4n) is 3.50. The smallest absolute Gasteiger partial charge is 0.261 e. The van der Waals surface area contributed by atoms with E-state index in [1.807, 2.05) is 30.3 Å². The summed E-state index contributed by atoms with van der Waals surface area (Å²) in [5.41, 5.74) is 1.23. The summed E-state index contributed by atoms with van der Waals surface area (Å²) in [5, 5.41) is 4.49. The molecule has 0 heterocycles. The lowest BCUT2D eigenvalue weighted by Crippen LogP contribution is -2.15. The van der Waals surface area contributed by atoms with Gasteiger partial charge in [0.1, 0.15) is 0 Å². The molecule has 168 valence electrons. The third-order valence-electron chi connectivity index (χ3n) is 5.10. The molecule has 7 nitrogen and oxygen atoms in total. The van der Waals surface area contributed by atoms with Crippen LogP contribution in [0.4, 0.5) is 11.4 Å². The number of methoxy groups -OCH3 is 2. The fourth-order valence-corrected chi connectivity index (χ4v) is 4.58. The summed E-state index contributed by atoms with van der Waals surface area (Å²) in [7, 11) is -0.874. The molecule has 4 aromatic carbocycles. The number of benzene rings is 4. The number of carbonyl (C=O) groups excluding carboxylic acids is 1. The predicted octanol–water partition coefficient (Wildman–Crippen LogP) is 4.91. The summed E-state index contributed by atoms with van der Waals surface area (Å²) in [6, 6.07) is 23.9. The van der Waals surface area contributed by atoms with Gasteiger partial charge < -0.3 is 14.8 Å². The molecule has 4 aromatic rings. The van der Waals surface area contributed by atoms with Crippen LogP contribution in [-0.2, 0) is 10.0 Å². The number of para-hydroxylation sites is 1. The van der Waals surface area contributed by atoms with Gasteiger partial charge in [0.25, 0.3) is 15.9 Å². The van der Waals surface area contributed by atoms with Crippen LogP contribution in [0.25, 0.3) is 10.8 Å². The van der Waals surface area contributed by atoms with Crippen LogP contribution < -0.4 is 19.5 Å². The summed E-state index contributed by atoms with van der Waals surface area (Å²) in [6.45, 7) is 0. The van der Waals surface area contributed by atoms with Crippen molar-refractivity contribution in [2.45, 2.75) is 4.90 Å². The van der Waals surface area contributed by atoms with E-state index in [9.17, 15) is 13.2 Å². The first-order valence-electron chi connectivity index (χ1n) is 10.1. The molecule has 0 aromatic heterocycles. The Morgan fingerprint density at radius 3 is 2.21 bits per heavy atom. The first-order chi connectivity index (χ1) is 15.9. The third-order valence-corrected chi connectivity index (χ3v) is 6.49. The van der Waals surface area contributed by atoms with Crippen LogP contribution in [0.2, 0.25) is 0 Å². The molecule has 0 unspecified atom stereocenters. The number of nitrogens with one attached hydrogen (secondary N) is 2. The Kier molecular flexibility index (Phi) is 6.19. The largest absolute Gasteiger partial charge is 0.493 e. The quantitative estimate of drug-likeness (QED) is 0.407. The van der Waals surface area contributed by atoms with E-state index in [1.54, 1.807) is 30.3 Å². The Morgan fingerprint density at radius 2 is 1.48 bits per heavy atom. The number of hydrogen-bond acceptors (Lipinski definition) is 5. The highest BCUT2D eigenvalue weighted by Gasteiger charge is 2.18. The molecule has 4 rings (SSSR count). The Labute approximate surface area is 192 Å². The Balaban J connectivity index is 1.54. The second-order valence-electron chi connectivity index (χ2n) is 7.15. The topological polar surface area (TPSA) is 93.7 Å². The van der Waals surface area contributed by atoms with E-state index in [0.717, 1.165) is 10.8 Å². The number of rotatable bonds is 7. The average Bonchev–Trinajstić information content (AvgIpc) is 2.83. The lowest BCUT2D eigenvalue weighted by atomic mass is 10.1. The van der Waals surface area contributed by atoms with Gasteiger partial charge >= 0.3 is 0 Å². The Hall–Kier alpha value is -4.04. The molecule has 0 atom stereocenters. The second-order valence-corrected chi connectivity index (χ2v) is 8.83. The first-order valence-corrected chi connectivity index (χ1v) is 11.5. The van der Waals surface area contributed by atoms with Crippen LogP contribution in [0.3, 0.4) is 0 Å². The van der Waals surface area contributed by atoms with Gasteiger partial charge in [0, 0.05) is 11.1 Å². The molecular weight excluding hydrogens is 440 g/mol. The maximum Gasteiger partial charge on any atom is 0.261 e. The van der Waals surface area contributed by atoms with E-state index >= 15 is 0 Å². The predicted molar refractivity (Wildman–Crippen MR) is 129 cm³/mol. The molecule has 0 saturated heterocycles. The highest BCUT2D eigenvalue weighted by Crippen LogP contribution is 2.31. The van der Waals surface area contributed by atoms with E-state index < -0.39 is 15.9 Å². The normalized spacial score (nSPS) is 11.1. The van der Waals surface area contributed by atoms with Crippen LogP contribution in [0, 0.1) is 0 Å². The number of amides is 1. The zero-order chi connectivity index (χ0) is 23.4. The Bertz CT molecular complexity index is 1410. The fraction of sp³-hybridized carbons (Fsp3) is 0.0800. The third kappa shape index (κ3) is 4.61. The molecule has 0 aliphatic rings. The van der Waals surface area contributed by atoms with Crippen molar-refractivity contribution in [1.29, 1.82) is 0 Å². The highest BCUT2D eigenvalue weighted by atomic mass is 32.2. The zero-order valence-electron chi connectivity index (χ0n) is 18.0. The van der Waals surface area contributed by atoms with Gasteiger partial charge in [-0.3, -0.25) is 9.52 Å². The van der Waals surface area contributed by atoms with Crippen molar-refractivity contribution in [3.63, 3.8) is 0 Å². The minimum atomic E-state index is -3.82. The summed E-state index contributed by atoms with van der Waals surface area (Å²) >= 11 is 0. The van der Waals surface area contributed by atoms with E-state index in [2.05, 4.69) is 10.0 Å². The number of hydrogen-bond donors (Lipinski definition) is 2. The molecule has 2 N–H and O–H groups in total. The molecule has 8 heteroatoms. The molecular formula is C25H22N2O5S. The standard InChI is InChI=1S/C25H22N2O5S/c1-31-23-12-6-10-21(24(23)32-2)25(28)26-18-13-15-19(16-14-18)33(29,30)27-22-11-5-8-17-7-3-4-9-20(17)22/h3-16,27H,1-2H3,(H,26,28). The molecule has 0 saturated carbocycles. The number of carbonyl (C=O) groups is 1. The van der Waals surface area contributed by atoms with Crippen molar-refractivity contribution in [3.8, 4) is 11.5 Å². The van der Waals surface area contributed by atoms with Gasteiger partial charge in [-0.1, -0.05) is 42.5 Å². The molecule has 1 amide bonds. The molecule has 0 aliphatic carbocycles. The second kappa shape index (κ2) is 9.22. The average molecular weight is 463 g/mol. The van der Waals surface area contributed by atoms with Gasteiger partial charge in [-0.15, -0.1) is 0 Å². The van der Waals surface area contributed by atoms with E-state index in [4.69, 9.17) is 9.47 Å². The van der Waals surface area contributed by atoms with Gasteiger partial charge in [-0.05, 0) is 47.9 Å². The van der Waals surface area contributed by atoms with Crippen molar-refractivity contribution in [1.82, 2.24) is 0 Å². The lowest BCUT2D eigenvalue weighted by molar-refractivity contribution is 0.102. The zero-order valence-corrected chi connectivity index (χ0v) is 18.8. The van der Waals surface area contributed by atoms with E-state index in [0.29, 0.717) is 28.4 Å². The SMILES string of the molecule is COc1cccc(C(=O)Nc2ccc(S(=O)(=O)Nc3cccc4ccccc34)cc2)c1OC. The van der Waals surface area contributed by atoms with Gasteiger partial charge in [0.2, 0.25) is 0 Å². The van der Waals surface area contributed by atoms with Crippen molar-refractivity contribution in [2.24, 2.45) is 0 Å².